The number of hydrogen-bond acceptors (Lipinski definition) is 3. The van der Waals surface area contributed by atoms with Crippen LogP contribution in [0.15, 0.2) is 59.5 Å². The standard InChI is InChI=1S/C18H23NO3S/c1-4-22-16-10-12-17(13-11-16)23(20,21)19-18(14(2)3)15-8-6-5-7-9-15/h5-14,18-19H,4H2,1-3H3. The Kier molecular flexibility index (Phi) is 5.80. The van der Waals surface area contributed by atoms with Crippen molar-refractivity contribution in [3.63, 3.8) is 0 Å². The molecule has 0 saturated carbocycles. The average Bonchev–Trinajstić information content (AvgIpc) is 2.54. The van der Waals surface area contributed by atoms with Crippen molar-refractivity contribution in [3.8, 4) is 5.75 Å². The zero-order valence-electron chi connectivity index (χ0n) is 13.7. The van der Waals surface area contributed by atoms with E-state index < -0.39 is 10.0 Å². The molecule has 0 bridgehead atoms. The van der Waals surface area contributed by atoms with Crippen LogP contribution >= 0.6 is 0 Å². The summed E-state index contributed by atoms with van der Waals surface area (Å²) in [6.07, 6.45) is 0. The number of ether oxygens (including phenoxy) is 1. The summed E-state index contributed by atoms with van der Waals surface area (Å²) in [5.41, 5.74) is 0.956. The van der Waals surface area contributed by atoms with Gasteiger partial charge in [0.05, 0.1) is 11.5 Å². The van der Waals surface area contributed by atoms with Crippen LogP contribution in [-0.2, 0) is 10.0 Å². The molecule has 124 valence electrons. The van der Waals surface area contributed by atoms with E-state index in [2.05, 4.69) is 4.72 Å². The van der Waals surface area contributed by atoms with Gasteiger partial charge in [-0.3, -0.25) is 0 Å². The Bertz CT molecular complexity index is 710. The monoisotopic (exact) mass is 333 g/mol. The van der Waals surface area contributed by atoms with Gasteiger partial charge >= 0.3 is 0 Å². The lowest BCUT2D eigenvalue weighted by molar-refractivity contribution is 0.340. The maximum Gasteiger partial charge on any atom is 0.241 e. The lowest BCUT2D eigenvalue weighted by Crippen LogP contribution is -2.31. The minimum absolute atomic E-state index is 0.134. The molecule has 0 fully saturated rings. The summed E-state index contributed by atoms with van der Waals surface area (Å²) in [4.78, 5) is 0.238. The first-order valence-corrected chi connectivity index (χ1v) is 9.22. The Labute approximate surface area is 138 Å². The lowest BCUT2D eigenvalue weighted by Gasteiger charge is -2.23. The van der Waals surface area contributed by atoms with Gasteiger partial charge in [0.1, 0.15) is 5.75 Å². The first kappa shape index (κ1) is 17.5. The van der Waals surface area contributed by atoms with Crippen LogP contribution in [0.3, 0.4) is 0 Å². The van der Waals surface area contributed by atoms with Crippen molar-refractivity contribution < 1.29 is 13.2 Å². The molecule has 0 heterocycles. The first-order chi connectivity index (χ1) is 10.9. The van der Waals surface area contributed by atoms with Crippen molar-refractivity contribution in [1.29, 1.82) is 0 Å². The minimum Gasteiger partial charge on any atom is -0.494 e. The van der Waals surface area contributed by atoms with Crippen molar-refractivity contribution in [1.82, 2.24) is 4.72 Å². The molecule has 0 aliphatic heterocycles. The molecule has 0 aliphatic rings. The number of benzene rings is 2. The highest BCUT2D eigenvalue weighted by atomic mass is 32.2. The predicted octanol–water partition coefficient (Wildman–Crippen LogP) is 3.76. The number of hydrogen-bond donors (Lipinski definition) is 1. The van der Waals surface area contributed by atoms with E-state index in [0.717, 1.165) is 5.56 Å². The van der Waals surface area contributed by atoms with Gasteiger partial charge in [-0.2, -0.15) is 0 Å². The van der Waals surface area contributed by atoms with E-state index in [0.29, 0.717) is 12.4 Å². The molecular formula is C18H23NO3S. The van der Waals surface area contributed by atoms with Gasteiger partial charge in [0.2, 0.25) is 10.0 Å². The van der Waals surface area contributed by atoms with E-state index in [1.165, 1.54) is 0 Å². The lowest BCUT2D eigenvalue weighted by atomic mass is 9.97. The fourth-order valence-corrected chi connectivity index (χ4v) is 3.74. The summed E-state index contributed by atoms with van der Waals surface area (Å²) in [5.74, 6) is 0.796. The predicted molar refractivity (Wildman–Crippen MR) is 92.0 cm³/mol. The Morgan fingerprint density at radius 2 is 1.61 bits per heavy atom. The van der Waals surface area contributed by atoms with Gasteiger partial charge in [-0.1, -0.05) is 44.2 Å². The molecule has 0 radical (unpaired) electrons. The van der Waals surface area contributed by atoms with Crippen LogP contribution in [0.1, 0.15) is 32.4 Å². The van der Waals surface area contributed by atoms with Gasteiger partial charge in [-0.25, -0.2) is 13.1 Å². The summed E-state index contributed by atoms with van der Waals surface area (Å²) >= 11 is 0. The van der Waals surface area contributed by atoms with Crippen molar-refractivity contribution in [2.45, 2.75) is 31.7 Å². The first-order valence-electron chi connectivity index (χ1n) is 7.74. The molecule has 0 aromatic heterocycles. The third-order valence-electron chi connectivity index (χ3n) is 3.55. The molecular weight excluding hydrogens is 310 g/mol. The maximum atomic E-state index is 12.6. The fourth-order valence-electron chi connectivity index (χ4n) is 2.37. The van der Waals surface area contributed by atoms with Crippen LogP contribution in [0.4, 0.5) is 0 Å². The molecule has 2 rings (SSSR count). The van der Waals surface area contributed by atoms with Gasteiger partial charge in [0, 0.05) is 6.04 Å². The van der Waals surface area contributed by atoms with E-state index in [9.17, 15) is 8.42 Å². The molecule has 0 saturated heterocycles. The highest BCUT2D eigenvalue weighted by molar-refractivity contribution is 7.89. The van der Waals surface area contributed by atoms with Crippen LogP contribution in [0.25, 0.3) is 0 Å². The van der Waals surface area contributed by atoms with E-state index in [-0.39, 0.29) is 16.9 Å². The van der Waals surface area contributed by atoms with Crippen LogP contribution in [-0.4, -0.2) is 15.0 Å². The van der Waals surface area contributed by atoms with Gasteiger partial charge in [0.15, 0.2) is 0 Å². The molecule has 0 spiro atoms. The molecule has 5 heteroatoms. The Hall–Kier alpha value is -1.85. The number of nitrogens with one attached hydrogen (secondary N) is 1. The molecule has 23 heavy (non-hydrogen) atoms. The number of sulfonamides is 1. The van der Waals surface area contributed by atoms with Crippen LogP contribution in [0.5, 0.6) is 5.75 Å². The molecule has 1 unspecified atom stereocenters. The van der Waals surface area contributed by atoms with Crippen LogP contribution < -0.4 is 9.46 Å². The molecule has 0 amide bonds. The summed E-state index contributed by atoms with van der Waals surface area (Å²) < 4.78 is 33.4. The van der Waals surface area contributed by atoms with Crippen molar-refractivity contribution >= 4 is 10.0 Å². The van der Waals surface area contributed by atoms with Gasteiger partial charge < -0.3 is 4.74 Å². The average molecular weight is 333 g/mol. The zero-order chi connectivity index (χ0) is 16.9. The second-order valence-corrected chi connectivity index (χ2v) is 7.37. The van der Waals surface area contributed by atoms with E-state index >= 15 is 0 Å². The Balaban J connectivity index is 2.24. The van der Waals surface area contributed by atoms with Crippen LogP contribution in [0.2, 0.25) is 0 Å². The highest BCUT2D eigenvalue weighted by Gasteiger charge is 2.23. The summed E-state index contributed by atoms with van der Waals surface area (Å²) in [7, 11) is -3.59. The summed E-state index contributed by atoms with van der Waals surface area (Å²) in [6, 6.07) is 15.8. The summed E-state index contributed by atoms with van der Waals surface area (Å²) in [6.45, 7) is 6.43. The maximum absolute atomic E-state index is 12.6. The third-order valence-corrected chi connectivity index (χ3v) is 5.01. The van der Waals surface area contributed by atoms with E-state index in [4.69, 9.17) is 4.74 Å². The van der Waals surface area contributed by atoms with E-state index in [1.807, 2.05) is 51.1 Å². The van der Waals surface area contributed by atoms with Gasteiger partial charge in [-0.15, -0.1) is 0 Å². The molecule has 2 aromatic carbocycles. The van der Waals surface area contributed by atoms with Crippen molar-refractivity contribution in [2.75, 3.05) is 6.61 Å². The quantitative estimate of drug-likeness (QED) is 0.839. The smallest absolute Gasteiger partial charge is 0.241 e. The molecule has 4 nitrogen and oxygen atoms in total. The Morgan fingerprint density at radius 3 is 2.13 bits per heavy atom. The fraction of sp³-hybridized carbons (Fsp3) is 0.333. The van der Waals surface area contributed by atoms with Crippen molar-refractivity contribution in [2.24, 2.45) is 5.92 Å². The third kappa shape index (κ3) is 4.56. The van der Waals surface area contributed by atoms with Crippen molar-refractivity contribution in [3.05, 3.63) is 60.2 Å². The number of rotatable bonds is 7. The highest BCUT2D eigenvalue weighted by Crippen LogP contribution is 2.25. The normalized spacial score (nSPS) is 13.0. The van der Waals surface area contributed by atoms with Crippen LogP contribution in [0, 0.1) is 5.92 Å². The SMILES string of the molecule is CCOc1ccc(S(=O)(=O)NC(c2ccccc2)C(C)C)cc1. The minimum atomic E-state index is -3.59. The molecule has 0 aliphatic carbocycles. The van der Waals surface area contributed by atoms with E-state index in [1.54, 1.807) is 24.3 Å². The topological polar surface area (TPSA) is 55.4 Å². The van der Waals surface area contributed by atoms with Gasteiger partial charge in [0.25, 0.3) is 0 Å². The summed E-state index contributed by atoms with van der Waals surface area (Å²) in [5, 5.41) is 0. The largest absolute Gasteiger partial charge is 0.494 e. The molecule has 1 atom stereocenters. The molecule has 2 aromatic rings. The zero-order valence-corrected chi connectivity index (χ0v) is 14.5. The second kappa shape index (κ2) is 7.62. The van der Waals surface area contributed by atoms with Gasteiger partial charge in [-0.05, 0) is 42.7 Å². The Morgan fingerprint density at radius 1 is 1.00 bits per heavy atom. The second-order valence-electron chi connectivity index (χ2n) is 5.66. The molecule has 1 N–H and O–H groups in total.